The zero-order valence-electron chi connectivity index (χ0n) is 11.8. The van der Waals surface area contributed by atoms with Gasteiger partial charge in [0.15, 0.2) is 0 Å². The minimum Gasteiger partial charge on any atom is -0.496 e. The summed E-state index contributed by atoms with van der Waals surface area (Å²) in [4.78, 5) is 11.9. The third-order valence-electron chi connectivity index (χ3n) is 3.13. The molecule has 2 N–H and O–H groups in total. The number of carbonyl (C=O) groups is 1. The third-order valence-corrected chi connectivity index (χ3v) is 3.13. The molecule has 0 radical (unpaired) electrons. The van der Waals surface area contributed by atoms with E-state index in [1.807, 2.05) is 38.1 Å². The number of para-hydroxylation sites is 1. The summed E-state index contributed by atoms with van der Waals surface area (Å²) in [5, 5.41) is 11.7. The van der Waals surface area contributed by atoms with Crippen LogP contribution in [0, 0.1) is 0 Å². The zero-order chi connectivity index (χ0) is 14.3. The van der Waals surface area contributed by atoms with Gasteiger partial charge in [0.25, 0.3) is 0 Å². The number of rotatable bonds is 7. The van der Waals surface area contributed by atoms with Gasteiger partial charge in [-0.15, -0.1) is 0 Å². The highest BCUT2D eigenvalue weighted by molar-refractivity contribution is 5.77. The Hall–Kier alpha value is -1.55. The maximum atomic E-state index is 11.9. The second-order valence-electron chi connectivity index (χ2n) is 4.83. The van der Waals surface area contributed by atoms with Gasteiger partial charge in [-0.2, -0.15) is 0 Å². The smallest absolute Gasteiger partial charge is 0.220 e. The van der Waals surface area contributed by atoms with Crippen molar-refractivity contribution in [1.29, 1.82) is 0 Å². The molecule has 1 aromatic carbocycles. The second-order valence-corrected chi connectivity index (χ2v) is 4.83. The molecule has 4 nitrogen and oxygen atoms in total. The quantitative estimate of drug-likeness (QED) is 0.793. The third kappa shape index (κ3) is 4.91. The molecule has 106 valence electrons. The van der Waals surface area contributed by atoms with Gasteiger partial charge in [-0.1, -0.05) is 25.1 Å². The first-order valence-corrected chi connectivity index (χ1v) is 6.61. The minimum absolute atomic E-state index is 0.000596. The largest absolute Gasteiger partial charge is 0.496 e. The van der Waals surface area contributed by atoms with Crippen molar-refractivity contribution in [3.63, 3.8) is 0 Å². The first-order chi connectivity index (χ1) is 9.08. The predicted molar refractivity (Wildman–Crippen MR) is 75.3 cm³/mol. The molecule has 2 atom stereocenters. The topological polar surface area (TPSA) is 58.6 Å². The van der Waals surface area contributed by atoms with Crippen LogP contribution >= 0.6 is 0 Å². The molecular weight excluding hydrogens is 242 g/mol. The maximum absolute atomic E-state index is 11.9. The Morgan fingerprint density at radius 3 is 2.68 bits per heavy atom. The monoisotopic (exact) mass is 265 g/mol. The first-order valence-electron chi connectivity index (χ1n) is 6.61. The number of ether oxygens (including phenoxy) is 1. The van der Waals surface area contributed by atoms with Crippen molar-refractivity contribution in [2.45, 2.75) is 38.6 Å². The Balaban J connectivity index is 2.59. The Labute approximate surface area is 114 Å². The average Bonchev–Trinajstić information content (AvgIpc) is 2.38. The van der Waals surface area contributed by atoms with Gasteiger partial charge in [-0.05, 0) is 30.9 Å². The molecule has 0 aliphatic rings. The summed E-state index contributed by atoms with van der Waals surface area (Å²) in [6.45, 7) is 3.99. The van der Waals surface area contributed by atoms with E-state index in [9.17, 15) is 4.79 Å². The molecular formula is C15H23NO3. The summed E-state index contributed by atoms with van der Waals surface area (Å²) in [6.07, 6.45) is 0.991. The molecule has 0 fully saturated rings. The van der Waals surface area contributed by atoms with E-state index in [2.05, 4.69) is 5.32 Å². The summed E-state index contributed by atoms with van der Waals surface area (Å²) in [6, 6.07) is 7.74. The lowest BCUT2D eigenvalue weighted by Gasteiger charge is -2.17. The highest BCUT2D eigenvalue weighted by atomic mass is 16.5. The molecule has 19 heavy (non-hydrogen) atoms. The molecule has 0 aliphatic carbocycles. The van der Waals surface area contributed by atoms with Gasteiger partial charge in [0.2, 0.25) is 5.91 Å². The van der Waals surface area contributed by atoms with Gasteiger partial charge in [0.05, 0.1) is 7.11 Å². The van der Waals surface area contributed by atoms with Gasteiger partial charge in [0, 0.05) is 19.1 Å². The highest BCUT2D eigenvalue weighted by Crippen LogP contribution is 2.28. The van der Waals surface area contributed by atoms with E-state index in [0.29, 0.717) is 12.8 Å². The number of aliphatic hydroxyl groups is 1. The molecule has 0 heterocycles. The van der Waals surface area contributed by atoms with E-state index >= 15 is 0 Å². The number of hydrogen-bond donors (Lipinski definition) is 2. The van der Waals surface area contributed by atoms with Crippen molar-refractivity contribution >= 4 is 5.91 Å². The summed E-state index contributed by atoms with van der Waals surface area (Å²) >= 11 is 0. The van der Waals surface area contributed by atoms with Crippen LogP contribution < -0.4 is 10.1 Å². The lowest BCUT2D eigenvalue weighted by atomic mass is 9.96. The van der Waals surface area contributed by atoms with E-state index in [1.165, 1.54) is 0 Å². The molecule has 0 saturated carbocycles. The maximum Gasteiger partial charge on any atom is 0.220 e. The number of aliphatic hydroxyl groups excluding tert-OH is 1. The minimum atomic E-state index is -0.000596. The van der Waals surface area contributed by atoms with Gasteiger partial charge >= 0.3 is 0 Å². The Bertz CT molecular complexity index is 406. The van der Waals surface area contributed by atoms with Crippen LogP contribution in [0.3, 0.4) is 0 Å². The number of carbonyl (C=O) groups excluding carboxylic acids is 1. The van der Waals surface area contributed by atoms with E-state index < -0.39 is 0 Å². The van der Waals surface area contributed by atoms with E-state index in [1.54, 1.807) is 7.11 Å². The van der Waals surface area contributed by atoms with E-state index in [0.717, 1.165) is 11.3 Å². The first kappa shape index (κ1) is 15.5. The predicted octanol–water partition coefficient (Wildman–Crippen LogP) is 2.08. The Morgan fingerprint density at radius 1 is 1.37 bits per heavy atom. The van der Waals surface area contributed by atoms with Crippen molar-refractivity contribution in [1.82, 2.24) is 5.32 Å². The van der Waals surface area contributed by atoms with Crippen LogP contribution in [0.5, 0.6) is 5.75 Å². The summed E-state index contributed by atoms with van der Waals surface area (Å²) < 4.78 is 5.30. The van der Waals surface area contributed by atoms with E-state index in [4.69, 9.17) is 9.84 Å². The molecule has 0 saturated heterocycles. The highest BCUT2D eigenvalue weighted by Gasteiger charge is 2.16. The molecule has 0 spiro atoms. The molecule has 1 aromatic rings. The number of hydrogen-bond acceptors (Lipinski definition) is 3. The normalized spacial score (nSPS) is 13.7. The van der Waals surface area contributed by atoms with Crippen LogP contribution in [0.15, 0.2) is 24.3 Å². The van der Waals surface area contributed by atoms with Gasteiger partial charge in [0.1, 0.15) is 5.75 Å². The molecule has 1 rings (SSSR count). The SMILES string of the molecule is COc1ccccc1C(C)CC(=O)NC(C)CCO. The average molecular weight is 265 g/mol. The molecule has 0 aliphatic heterocycles. The van der Waals surface area contributed by atoms with Crippen molar-refractivity contribution in [2.24, 2.45) is 0 Å². The van der Waals surface area contributed by atoms with Crippen LogP contribution in [0.1, 0.15) is 38.2 Å². The van der Waals surface area contributed by atoms with Gasteiger partial charge < -0.3 is 15.2 Å². The number of methoxy groups -OCH3 is 1. The van der Waals surface area contributed by atoms with Crippen LogP contribution in [0.2, 0.25) is 0 Å². The fourth-order valence-electron chi connectivity index (χ4n) is 2.06. The number of amides is 1. The van der Waals surface area contributed by atoms with Crippen molar-refractivity contribution < 1.29 is 14.6 Å². The number of benzene rings is 1. The summed E-state index contributed by atoms with van der Waals surface area (Å²) in [5.41, 5.74) is 1.04. The van der Waals surface area contributed by atoms with Crippen molar-refractivity contribution in [3.8, 4) is 5.75 Å². The zero-order valence-corrected chi connectivity index (χ0v) is 11.8. The Morgan fingerprint density at radius 2 is 2.05 bits per heavy atom. The lowest BCUT2D eigenvalue weighted by Crippen LogP contribution is -2.33. The second kappa shape index (κ2) is 7.79. The standard InChI is InChI=1S/C15H23NO3/c1-11(10-15(18)16-12(2)8-9-17)13-6-4-5-7-14(13)19-3/h4-7,11-12,17H,8-10H2,1-3H3,(H,16,18). The van der Waals surface area contributed by atoms with Crippen LogP contribution in [-0.4, -0.2) is 30.8 Å². The molecule has 0 aromatic heterocycles. The van der Waals surface area contributed by atoms with E-state index in [-0.39, 0.29) is 24.5 Å². The van der Waals surface area contributed by atoms with Crippen LogP contribution in [0.25, 0.3) is 0 Å². The Kier molecular flexibility index (Phi) is 6.36. The van der Waals surface area contributed by atoms with Crippen molar-refractivity contribution in [2.75, 3.05) is 13.7 Å². The molecule has 2 unspecified atom stereocenters. The molecule has 1 amide bonds. The fraction of sp³-hybridized carbons (Fsp3) is 0.533. The van der Waals surface area contributed by atoms with Crippen molar-refractivity contribution in [3.05, 3.63) is 29.8 Å². The molecule has 4 heteroatoms. The lowest BCUT2D eigenvalue weighted by molar-refractivity contribution is -0.122. The van der Waals surface area contributed by atoms with Gasteiger partial charge in [-0.3, -0.25) is 4.79 Å². The summed E-state index contributed by atoms with van der Waals surface area (Å²) in [7, 11) is 1.63. The fourth-order valence-corrected chi connectivity index (χ4v) is 2.06. The molecule has 0 bridgehead atoms. The van der Waals surface area contributed by atoms with Crippen LogP contribution in [0.4, 0.5) is 0 Å². The van der Waals surface area contributed by atoms with Crippen LogP contribution in [-0.2, 0) is 4.79 Å². The number of nitrogens with one attached hydrogen (secondary N) is 1. The van der Waals surface area contributed by atoms with Gasteiger partial charge in [-0.25, -0.2) is 0 Å². The summed E-state index contributed by atoms with van der Waals surface area (Å²) in [5.74, 6) is 0.906.